The number of benzene rings is 3. The maximum atomic E-state index is 12.8. The molecule has 3 aromatic rings. The zero-order valence-electron chi connectivity index (χ0n) is 17.1. The van der Waals surface area contributed by atoms with E-state index in [1.54, 1.807) is 38.1 Å². The molecule has 0 unspecified atom stereocenters. The van der Waals surface area contributed by atoms with Crippen molar-refractivity contribution < 1.29 is 27.4 Å². The molecule has 7 heteroatoms. The first-order valence-electron chi connectivity index (χ1n) is 9.87. The average molecular weight is 436 g/mol. The predicted molar refractivity (Wildman–Crippen MR) is 117 cm³/mol. The van der Waals surface area contributed by atoms with E-state index in [0.717, 1.165) is 11.1 Å². The van der Waals surface area contributed by atoms with Gasteiger partial charge in [0, 0.05) is 0 Å². The fraction of sp³-hybridized carbons (Fsp3) is 0.125. The van der Waals surface area contributed by atoms with Gasteiger partial charge in [0.1, 0.15) is 0 Å². The van der Waals surface area contributed by atoms with Crippen LogP contribution < -0.4 is 4.52 Å². The SMILES string of the molecule is CC1(C)OP2(Oc3ccccc3)(OC1=O)OC(c1ccccc1)=C(c1ccccc1)O2. The van der Waals surface area contributed by atoms with Crippen molar-refractivity contribution in [2.24, 2.45) is 0 Å². The molecule has 0 aliphatic carbocycles. The summed E-state index contributed by atoms with van der Waals surface area (Å²) in [5.74, 6) is 0.534. The second kappa shape index (κ2) is 6.84. The van der Waals surface area contributed by atoms with Gasteiger partial charge in [0.05, 0.1) is 0 Å². The van der Waals surface area contributed by atoms with Crippen LogP contribution in [0.5, 0.6) is 5.75 Å². The van der Waals surface area contributed by atoms with Gasteiger partial charge in [0.2, 0.25) is 0 Å². The van der Waals surface area contributed by atoms with Gasteiger partial charge in [-0.25, -0.2) is 0 Å². The van der Waals surface area contributed by atoms with Crippen molar-refractivity contribution in [3.05, 3.63) is 102 Å². The normalized spacial score (nSPS) is 21.5. The van der Waals surface area contributed by atoms with Crippen LogP contribution in [0.2, 0.25) is 0 Å². The summed E-state index contributed by atoms with van der Waals surface area (Å²) < 4.78 is 30.9. The Morgan fingerprint density at radius 3 is 1.55 bits per heavy atom. The van der Waals surface area contributed by atoms with Crippen molar-refractivity contribution in [1.29, 1.82) is 0 Å². The molecule has 0 aromatic heterocycles. The van der Waals surface area contributed by atoms with Crippen molar-refractivity contribution in [3.63, 3.8) is 0 Å². The van der Waals surface area contributed by atoms with Crippen molar-refractivity contribution in [2.75, 3.05) is 0 Å². The molecule has 1 saturated heterocycles. The second-order valence-corrected chi connectivity index (χ2v) is 10.1. The van der Waals surface area contributed by atoms with Gasteiger partial charge in [-0.15, -0.1) is 0 Å². The standard InChI is InChI=1S/C24H21O6P/c1-24(2)23(25)29-31(30-24,26-20-16-10-5-11-17-20)27-21(18-12-6-3-7-13-18)22(28-31)19-14-8-4-9-15-19/h3-17H,1-2H3. The third-order valence-corrected chi connectivity index (χ3v) is 7.55. The van der Waals surface area contributed by atoms with Crippen LogP contribution in [0.15, 0.2) is 91.0 Å². The molecule has 0 amide bonds. The van der Waals surface area contributed by atoms with Crippen molar-refractivity contribution in [3.8, 4) is 5.75 Å². The molecular weight excluding hydrogens is 415 g/mol. The molecule has 5 rings (SSSR count). The topological polar surface area (TPSA) is 63.2 Å². The van der Waals surface area contributed by atoms with E-state index in [-0.39, 0.29) is 0 Å². The van der Waals surface area contributed by atoms with E-state index in [4.69, 9.17) is 22.6 Å². The molecule has 2 aliphatic rings. The molecule has 158 valence electrons. The molecule has 1 fully saturated rings. The Balaban J connectivity index is 1.69. The second-order valence-electron chi connectivity index (χ2n) is 7.70. The number of carbonyl (C=O) groups is 1. The average Bonchev–Trinajstić information content (AvgIpc) is 3.20. The molecule has 0 radical (unpaired) electrons. The molecule has 2 heterocycles. The number of carbonyl (C=O) groups excluding carboxylic acids is 1. The fourth-order valence-corrected chi connectivity index (χ4v) is 6.54. The molecule has 0 atom stereocenters. The van der Waals surface area contributed by atoms with Crippen LogP contribution in [0.3, 0.4) is 0 Å². The Labute approximate surface area is 180 Å². The number of rotatable bonds is 4. The summed E-state index contributed by atoms with van der Waals surface area (Å²) >= 11 is 0. The van der Waals surface area contributed by atoms with Gasteiger partial charge in [-0.05, 0) is 0 Å². The van der Waals surface area contributed by atoms with Crippen LogP contribution in [0.25, 0.3) is 11.5 Å². The van der Waals surface area contributed by atoms with E-state index in [9.17, 15) is 4.79 Å². The Bertz CT molecular complexity index is 1110. The molecule has 0 saturated carbocycles. The first-order valence-corrected chi connectivity index (χ1v) is 11.7. The summed E-state index contributed by atoms with van der Waals surface area (Å²) in [7, 11) is -4.88. The number of hydrogen-bond donors (Lipinski definition) is 0. The van der Waals surface area contributed by atoms with Crippen molar-refractivity contribution >= 4 is 25.2 Å². The van der Waals surface area contributed by atoms with Crippen molar-refractivity contribution in [1.82, 2.24) is 0 Å². The van der Waals surface area contributed by atoms with Gasteiger partial charge in [-0.2, -0.15) is 0 Å². The van der Waals surface area contributed by atoms with Crippen LogP contribution in [0.4, 0.5) is 0 Å². The van der Waals surface area contributed by atoms with E-state index >= 15 is 0 Å². The molecule has 3 aromatic carbocycles. The summed E-state index contributed by atoms with van der Waals surface area (Å²) in [5.41, 5.74) is 0.160. The van der Waals surface area contributed by atoms with Gasteiger partial charge in [-0.3, -0.25) is 0 Å². The molecule has 0 N–H and O–H groups in total. The van der Waals surface area contributed by atoms with Gasteiger partial charge in [-0.1, -0.05) is 0 Å². The molecule has 1 spiro atoms. The fourth-order valence-electron chi connectivity index (χ4n) is 3.42. The number of para-hydroxylation sites is 1. The summed E-state index contributed by atoms with van der Waals surface area (Å²) in [4.78, 5) is 12.8. The van der Waals surface area contributed by atoms with Crippen LogP contribution in [0, 0.1) is 0 Å². The Hall–Kier alpha value is -3.34. The first-order chi connectivity index (χ1) is 14.9. The van der Waals surface area contributed by atoms with Crippen molar-refractivity contribution in [2.45, 2.75) is 19.4 Å². The van der Waals surface area contributed by atoms with Crippen LogP contribution in [0.1, 0.15) is 25.0 Å². The predicted octanol–water partition coefficient (Wildman–Crippen LogP) is 6.12. The van der Waals surface area contributed by atoms with Crippen LogP contribution in [-0.2, 0) is 22.9 Å². The first kappa shape index (κ1) is 19.6. The van der Waals surface area contributed by atoms with E-state index in [0.29, 0.717) is 17.3 Å². The molecular formula is C24H21O6P. The summed E-state index contributed by atoms with van der Waals surface area (Å²) in [6.07, 6.45) is 0. The van der Waals surface area contributed by atoms with E-state index in [1.165, 1.54) is 0 Å². The monoisotopic (exact) mass is 436 g/mol. The Morgan fingerprint density at radius 1 is 0.677 bits per heavy atom. The minimum atomic E-state index is -4.88. The summed E-state index contributed by atoms with van der Waals surface area (Å²) in [6, 6.07) is 27.8. The third-order valence-electron chi connectivity index (χ3n) is 4.86. The third kappa shape index (κ3) is 3.34. The van der Waals surface area contributed by atoms with E-state index < -0.39 is 19.3 Å². The Kier molecular flexibility index (Phi) is 4.33. The van der Waals surface area contributed by atoms with Gasteiger partial charge in [0.25, 0.3) is 0 Å². The molecule has 0 bridgehead atoms. The quantitative estimate of drug-likeness (QED) is 0.459. The zero-order chi connectivity index (χ0) is 21.6. The Morgan fingerprint density at radius 2 is 1.13 bits per heavy atom. The van der Waals surface area contributed by atoms with Gasteiger partial charge in [0.15, 0.2) is 0 Å². The van der Waals surface area contributed by atoms with Gasteiger partial charge >= 0.3 is 180 Å². The summed E-state index contributed by atoms with van der Waals surface area (Å²) in [6.45, 7) is 3.20. The van der Waals surface area contributed by atoms with E-state index in [2.05, 4.69) is 0 Å². The van der Waals surface area contributed by atoms with E-state index in [1.807, 2.05) is 66.7 Å². The van der Waals surface area contributed by atoms with Crippen LogP contribution >= 0.6 is 7.74 Å². The minimum absolute atomic E-state index is 0.380. The van der Waals surface area contributed by atoms with Crippen LogP contribution in [-0.4, -0.2) is 11.6 Å². The zero-order valence-corrected chi connectivity index (χ0v) is 18.0. The summed E-state index contributed by atoms with van der Waals surface area (Å²) in [5, 5.41) is 0. The number of hydrogen-bond acceptors (Lipinski definition) is 6. The van der Waals surface area contributed by atoms with Gasteiger partial charge < -0.3 is 0 Å². The molecule has 6 nitrogen and oxygen atoms in total. The molecule has 31 heavy (non-hydrogen) atoms. The maximum absolute atomic E-state index is 12.8. The molecule has 2 aliphatic heterocycles.